The molecule has 2 aromatic rings. The summed E-state index contributed by atoms with van der Waals surface area (Å²) < 4.78 is 0. The summed E-state index contributed by atoms with van der Waals surface area (Å²) in [6, 6.07) is 11.4. The fourth-order valence-electron chi connectivity index (χ4n) is 5.11. The van der Waals surface area contributed by atoms with Gasteiger partial charge in [-0.25, -0.2) is 4.98 Å². The fraction of sp³-hybridized carbons (Fsp3) is 0.524. The quantitative estimate of drug-likeness (QED) is 0.872. The van der Waals surface area contributed by atoms with Crippen molar-refractivity contribution in [3.8, 4) is 0 Å². The van der Waals surface area contributed by atoms with Crippen LogP contribution >= 0.6 is 0 Å². The molecule has 0 amide bonds. The van der Waals surface area contributed by atoms with Gasteiger partial charge < -0.3 is 16.0 Å². The van der Waals surface area contributed by atoms with E-state index in [1.165, 1.54) is 24.0 Å². The summed E-state index contributed by atoms with van der Waals surface area (Å²) in [6.07, 6.45) is 5.79. The molecule has 0 radical (unpaired) electrons. The average Bonchev–Trinajstić information content (AvgIpc) is 3.11. The molecule has 2 saturated heterocycles. The van der Waals surface area contributed by atoms with Gasteiger partial charge in [0, 0.05) is 24.7 Å². The van der Waals surface area contributed by atoms with E-state index in [4.69, 9.17) is 5.73 Å². The number of nitrogens with one attached hydrogen (secondary N) is 1. The average molecular weight is 349 g/mol. The minimum Gasteiger partial charge on any atom is -0.368 e. The summed E-state index contributed by atoms with van der Waals surface area (Å²) in [6.45, 7) is 3.30. The largest absolute Gasteiger partial charge is 0.368 e. The number of hydrogen-bond acceptors (Lipinski definition) is 5. The number of nitrogens with two attached hydrogens (primary N) is 1. The van der Waals surface area contributed by atoms with Gasteiger partial charge in [-0.2, -0.15) is 4.98 Å². The molecule has 3 atom stereocenters. The molecular weight excluding hydrogens is 322 g/mol. The van der Waals surface area contributed by atoms with Gasteiger partial charge in [0.25, 0.3) is 0 Å². The van der Waals surface area contributed by atoms with Gasteiger partial charge in [0.2, 0.25) is 5.95 Å². The van der Waals surface area contributed by atoms with Gasteiger partial charge in [0.05, 0.1) is 5.69 Å². The third-order valence-corrected chi connectivity index (χ3v) is 6.44. The van der Waals surface area contributed by atoms with E-state index in [9.17, 15) is 0 Å². The zero-order chi connectivity index (χ0) is 17.5. The van der Waals surface area contributed by atoms with Crippen LogP contribution in [0.15, 0.2) is 30.3 Å². The Kier molecular flexibility index (Phi) is 4.04. The van der Waals surface area contributed by atoms with Crippen molar-refractivity contribution in [3.05, 3.63) is 47.2 Å². The third kappa shape index (κ3) is 2.84. The minimum absolute atomic E-state index is 0.426. The number of hydrogen-bond donors (Lipinski definition) is 2. The third-order valence-electron chi connectivity index (χ3n) is 6.44. The number of piperidine rings is 1. The first-order valence-corrected chi connectivity index (χ1v) is 9.96. The van der Waals surface area contributed by atoms with Gasteiger partial charge in [-0.05, 0) is 56.0 Å². The molecule has 5 heteroatoms. The molecule has 136 valence electrons. The van der Waals surface area contributed by atoms with Crippen LogP contribution < -0.4 is 16.0 Å². The number of benzene rings is 1. The summed E-state index contributed by atoms with van der Waals surface area (Å²) in [5, 5.41) is 3.69. The number of fused-ring (bicyclic) bond motifs is 2. The Morgan fingerprint density at radius 2 is 1.96 bits per heavy atom. The van der Waals surface area contributed by atoms with Crippen LogP contribution in [0.25, 0.3) is 0 Å². The molecule has 0 spiro atoms. The molecule has 3 heterocycles. The second kappa shape index (κ2) is 6.54. The zero-order valence-corrected chi connectivity index (χ0v) is 15.2. The maximum absolute atomic E-state index is 6.12. The zero-order valence-electron chi connectivity index (χ0n) is 15.2. The molecule has 26 heavy (non-hydrogen) atoms. The summed E-state index contributed by atoms with van der Waals surface area (Å²) >= 11 is 0. The highest BCUT2D eigenvalue weighted by atomic mass is 15.3. The van der Waals surface area contributed by atoms with Crippen molar-refractivity contribution in [2.24, 2.45) is 5.92 Å². The van der Waals surface area contributed by atoms with Crippen molar-refractivity contribution in [3.63, 3.8) is 0 Å². The van der Waals surface area contributed by atoms with Gasteiger partial charge in [-0.3, -0.25) is 0 Å². The molecule has 3 N–H and O–H groups in total. The van der Waals surface area contributed by atoms with Gasteiger partial charge in [0.15, 0.2) is 0 Å². The van der Waals surface area contributed by atoms with Crippen LogP contribution in [-0.2, 0) is 12.8 Å². The Morgan fingerprint density at radius 1 is 1.08 bits per heavy atom. The molecule has 1 aliphatic carbocycles. The van der Waals surface area contributed by atoms with Crippen LogP contribution in [0.4, 0.5) is 11.8 Å². The van der Waals surface area contributed by atoms with Crippen molar-refractivity contribution in [1.29, 1.82) is 0 Å². The monoisotopic (exact) mass is 349 g/mol. The van der Waals surface area contributed by atoms with E-state index in [1.807, 2.05) is 0 Å². The summed E-state index contributed by atoms with van der Waals surface area (Å²) in [4.78, 5) is 11.8. The van der Waals surface area contributed by atoms with Gasteiger partial charge in [-0.15, -0.1) is 0 Å². The highest BCUT2D eigenvalue weighted by Gasteiger charge is 2.37. The Labute approximate surface area is 155 Å². The van der Waals surface area contributed by atoms with E-state index < -0.39 is 0 Å². The van der Waals surface area contributed by atoms with Crippen LogP contribution in [0.3, 0.4) is 0 Å². The number of nitrogen functional groups attached to an aromatic ring is 1. The number of rotatable bonds is 2. The fourth-order valence-corrected chi connectivity index (χ4v) is 5.11. The molecule has 5 nitrogen and oxygen atoms in total. The molecule has 1 unspecified atom stereocenters. The highest BCUT2D eigenvalue weighted by molar-refractivity contribution is 5.54. The smallest absolute Gasteiger partial charge is 0.222 e. The van der Waals surface area contributed by atoms with Crippen molar-refractivity contribution >= 4 is 11.8 Å². The van der Waals surface area contributed by atoms with Crippen molar-refractivity contribution in [2.75, 3.05) is 30.3 Å². The Hall–Kier alpha value is -2.14. The number of aromatic nitrogens is 2. The van der Waals surface area contributed by atoms with Gasteiger partial charge in [0.1, 0.15) is 5.82 Å². The lowest BCUT2D eigenvalue weighted by atomic mass is 9.82. The number of anilines is 2. The summed E-state index contributed by atoms with van der Waals surface area (Å²) in [7, 11) is 0. The molecule has 2 aliphatic heterocycles. The standard InChI is InChI=1S/C21H27N5/c22-21-24-18-11-15(14-5-2-1-3-6-14)8-9-17(18)20(25-21)26-12-16-7-4-10-23-19(16)13-26/h1-3,5-6,15-16,19,23H,4,7-13H2,(H2,22,24,25)/t15?,16-,19+/m1/s1. The Morgan fingerprint density at radius 3 is 2.81 bits per heavy atom. The topological polar surface area (TPSA) is 67.1 Å². The Balaban J connectivity index is 1.44. The van der Waals surface area contributed by atoms with Crippen LogP contribution in [0, 0.1) is 5.92 Å². The minimum atomic E-state index is 0.426. The summed E-state index contributed by atoms with van der Waals surface area (Å²) in [5.74, 6) is 2.82. The van der Waals surface area contributed by atoms with Gasteiger partial charge >= 0.3 is 0 Å². The highest BCUT2D eigenvalue weighted by Crippen LogP contribution is 2.38. The molecular formula is C21H27N5. The van der Waals surface area contributed by atoms with Crippen LogP contribution in [-0.4, -0.2) is 35.6 Å². The van der Waals surface area contributed by atoms with Crippen LogP contribution in [0.2, 0.25) is 0 Å². The predicted molar refractivity (Wildman–Crippen MR) is 104 cm³/mol. The van der Waals surface area contributed by atoms with E-state index in [0.717, 1.165) is 56.3 Å². The SMILES string of the molecule is Nc1nc2c(c(N3C[C@H]4CCCN[C@H]4C3)n1)CCC(c1ccccc1)C2. The van der Waals surface area contributed by atoms with E-state index in [1.54, 1.807) is 0 Å². The van der Waals surface area contributed by atoms with Gasteiger partial charge in [-0.1, -0.05) is 30.3 Å². The lowest BCUT2D eigenvalue weighted by Crippen LogP contribution is -2.40. The molecule has 1 aromatic carbocycles. The van der Waals surface area contributed by atoms with E-state index in [2.05, 4.69) is 50.5 Å². The first kappa shape index (κ1) is 16.1. The van der Waals surface area contributed by atoms with Crippen LogP contribution in [0.1, 0.15) is 42.0 Å². The molecule has 2 fully saturated rings. The normalized spacial score (nSPS) is 27.8. The second-order valence-electron chi connectivity index (χ2n) is 8.05. The first-order valence-electron chi connectivity index (χ1n) is 9.96. The van der Waals surface area contributed by atoms with E-state index in [-0.39, 0.29) is 0 Å². The molecule has 3 aliphatic rings. The van der Waals surface area contributed by atoms with Crippen LogP contribution in [0.5, 0.6) is 0 Å². The lowest BCUT2D eigenvalue weighted by molar-refractivity contribution is 0.340. The molecule has 5 rings (SSSR count). The molecule has 1 aromatic heterocycles. The van der Waals surface area contributed by atoms with Crippen molar-refractivity contribution in [1.82, 2.24) is 15.3 Å². The first-order chi connectivity index (χ1) is 12.8. The Bertz CT molecular complexity index is 776. The maximum atomic E-state index is 6.12. The molecule has 0 saturated carbocycles. The van der Waals surface area contributed by atoms with Crippen molar-refractivity contribution in [2.45, 2.75) is 44.1 Å². The predicted octanol–water partition coefficient (Wildman–Crippen LogP) is 2.52. The van der Waals surface area contributed by atoms with E-state index in [0.29, 0.717) is 17.9 Å². The van der Waals surface area contributed by atoms with Crippen molar-refractivity contribution < 1.29 is 0 Å². The lowest BCUT2D eigenvalue weighted by Gasteiger charge is -2.29. The maximum Gasteiger partial charge on any atom is 0.222 e. The number of nitrogens with zero attached hydrogens (tertiary/aromatic N) is 3. The molecule has 0 bridgehead atoms. The van der Waals surface area contributed by atoms with E-state index >= 15 is 0 Å². The second-order valence-corrected chi connectivity index (χ2v) is 8.05. The summed E-state index contributed by atoms with van der Waals surface area (Å²) in [5.41, 5.74) is 10.0.